The van der Waals surface area contributed by atoms with Crippen LogP contribution in [0.5, 0.6) is 0 Å². The Morgan fingerprint density at radius 2 is 2.17 bits per heavy atom. The summed E-state index contributed by atoms with van der Waals surface area (Å²) < 4.78 is 9.65. The van der Waals surface area contributed by atoms with Gasteiger partial charge in [0.05, 0.1) is 15.7 Å². The molecule has 1 N–H and O–H groups in total. The summed E-state index contributed by atoms with van der Waals surface area (Å²) in [5, 5.41) is 0.922. The molecule has 1 fully saturated rings. The zero-order valence-electron chi connectivity index (χ0n) is 12.1. The number of rotatable bonds is 4. The predicted molar refractivity (Wildman–Crippen MR) is 89.7 cm³/mol. The summed E-state index contributed by atoms with van der Waals surface area (Å²) in [6.07, 6.45) is 2.45. The summed E-state index contributed by atoms with van der Waals surface area (Å²) in [7, 11) is 0. The van der Waals surface area contributed by atoms with Crippen molar-refractivity contribution in [3.8, 4) is 11.3 Å². The minimum atomic E-state index is -0.379. The van der Waals surface area contributed by atoms with Gasteiger partial charge in [0, 0.05) is 18.6 Å². The molecule has 1 aromatic carbocycles. The first-order valence-corrected chi connectivity index (χ1v) is 8.66. The maximum Gasteiger partial charge on any atom is 0.286 e. The monoisotopic (exact) mass is 372 g/mol. The standard InChI is InChI=1S/C15H14Cl2N2O3S/c16-10-5-4-9(7-11(10)17)12-8-13(23-19-12)15(20)18-22-14-3-1-2-6-21-14/h4-5,7-8,14H,1-3,6H2,(H,18,20)/t14-/m1/s1. The van der Waals surface area contributed by atoms with Gasteiger partial charge in [-0.2, -0.15) is 4.37 Å². The van der Waals surface area contributed by atoms with Crippen LogP contribution in [0.1, 0.15) is 28.9 Å². The Balaban J connectivity index is 1.63. The topological polar surface area (TPSA) is 60.5 Å². The molecule has 1 atom stereocenters. The molecule has 5 nitrogen and oxygen atoms in total. The van der Waals surface area contributed by atoms with Crippen LogP contribution in [0.3, 0.4) is 0 Å². The molecule has 2 heterocycles. The van der Waals surface area contributed by atoms with Crippen molar-refractivity contribution in [2.75, 3.05) is 6.61 Å². The third kappa shape index (κ3) is 4.22. The number of hydroxylamine groups is 1. The van der Waals surface area contributed by atoms with Crippen molar-refractivity contribution in [2.24, 2.45) is 0 Å². The molecular formula is C15H14Cl2N2O3S. The quantitative estimate of drug-likeness (QED) is 0.812. The third-order valence-corrected chi connectivity index (χ3v) is 4.90. The van der Waals surface area contributed by atoms with Crippen LogP contribution in [0.2, 0.25) is 10.0 Å². The van der Waals surface area contributed by atoms with E-state index in [-0.39, 0.29) is 12.2 Å². The number of hydrogen-bond donors (Lipinski definition) is 1. The molecule has 2 aromatic rings. The van der Waals surface area contributed by atoms with Gasteiger partial charge in [0.2, 0.25) is 0 Å². The first-order chi connectivity index (χ1) is 11.1. The SMILES string of the molecule is O=C(NO[C@@H]1CCCCO1)c1cc(-c2ccc(Cl)c(Cl)c2)ns1. The highest BCUT2D eigenvalue weighted by Crippen LogP contribution is 2.29. The van der Waals surface area contributed by atoms with Gasteiger partial charge in [0.25, 0.3) is 5.91 Å². The molecule has 1 aromatic heterocycles. The third-order valence-electron chi connectivity index (χ3n) is 3.37. The smallest absolute Gasteiger partial charge is 0.286 e. The molecule has 0 radical (unpaired) electrons. The predicted octanol–water partition coefficient (Wildman–Crippen LogP) is 4.30. The number of carbonyl (C=O) groups excluding carboxylic acids is 1. The normalized spacial score (nSPS) is 17.9. The molecule has 122 valence electrons. The first-order valence-electron chi connectivity index (χ1n) is 7.13. The van der Waals surface area contributed by atoms with Crippen LogP contribution >= 0.6 is 34.7 Å². The molecule has 1 amide bonds. The number of ether oxygens (including phenoxy) is 1. The fourth-order valence-electron chi connectivity index (χ4n) is 2.15. The Morgan fingerprint density at radius 3 is 2.91 bits per heavy atom. The molecule has 3 rings (SSSR count). The van der Waals surface area contributed by atoms with E-state index in [9.17, 15) is 4.79 Å². The van der Waals surface area contributed by atoms with Crippen molar-refractivity contribution in [2.45, 2.75) is 25.6 Å². The van der Waals surface area contributed by atoms with Crippen molar-refractivity contribution in [1.29, 1.82) is 0 Å². The van der Waals surface area contributed by atoms with E-state index in [1.807, 2.05) is 0 Å². The van der Waals surface area contributed by atoms with Crippen LogP contribution in [0.15, 0.2) is 24.3 Å². The first kappa shape index (κ1) is 16.7. The summed E-state index contributed by atoms with van der Waals surface area (Å²) in [5.41, 5.74) is 3.87. The molecule has 8 heteroatoms. The summed E-state index contributed by atoms with van der Waals surface area (Å²) in [4.78, 5) is 17.8. The second-order valence-electron chi connectivity index (χ2n) is 5.05. The summed E-state index contributed by atoms with van der Waals surface area (Å²) in [5.74, 6) is -0.344. The Hall–Kier alpha value is -1.18. The minimum Gasteiger partial charge on any atom is -0.350 e. The van der Waals surface area contributed by atoms with E-state index in [4.69, 9.17) is 32.8 Å². The number of benzene rings is 1. The molecule has 0 bridgehead atoms. The minimum absolute atomic E-state index is 0.344. The highest BCUT2D eigenvalue weighted by Gasteiger charge is 2.18. The van der Waals surface area contributed by atoms with Gasteiger partial charge in [0.15, 0.2) is 6.29 Å². The second-order valence-corrected chi connectivity index (χ2v) is 6.67. The van der Waals surface area contributed by atoms with Crippen LogP contribution in [0.25, 0.3) is 11.3 Å². The molecule has 0 spiro atoms. The van der Waals surface area contributed by atoms with Crippen LogP contribution in [-0.4, -0.2) is 23.2 Å². The van der Waals surface area contributed by atoms with Crippen molar-refractivity contribution in [3.63, 3.8) is 0 Å². The maximum absolute atomic E-state index is 12.1. The van der Waals surface area contributed by atoms with Gasteiger partial charge < -0.3 is 4.74 Å². The van der Waals surface area contributed by atoms with Crippen LogP contribution in [0.4, 0.5) is 0 Å². The fraction of sp³-hybridized carbons (Fsp3) is 0.333. The van der Waals surface area contributed by atoms with Crippen LogP contribution in [-0.2, 0) is 9.57 Å². The average Bonchev–Trinajstić information content (AvgIpc) is 3.06. The zero-order chi connectivity index (χ0) is 16.2. The number of aromatic nitrogens is 1. The lowest BCUT2D eigenvalue weighted by atomic mass is 10.1. The number of halogens is 2. The molecule has 1 aliphatic heterocycles. The fourth-order valence-corrected chi connectivity index (χ4v) is 3.09. The lowest BCUT2D eigenvalue weighted by molar-refractivity contribution is -0.186. The molecule has 1 aliphatic rings. The maximum atomic E-state index is 12.1. The number of nitrogens with zero attached hydrogens (tertiary/aromatic N) is 1. The van der Waals surface area contributed by atoms with Gasteiger partial charge in [-0.15, -0.1) is 0 Å². The molecule has 23 heavy (non-hydrogen) atoms. The van der Waals surface area contributed by atoms with Crippen molar-refractivity contribution >= 4 is 40.6 Å². The molecule has 0 aliphatic carbocycles. The van der Waals surface area contributed by atoms with E-state index in [1.165, 1.54) is 0 Å². The van der Waals surface area contributed by atoms with Crippen molar-refractivity contribution in [3.05, 3.63) is 39.2 Å². The van der Waals surface area contributed by atoms with Gasteiger partial charge >= 0.3 is 0 Å². The van der Waals surface area contributed by atoms with Crippen LogP contribution in [0, 0.1) is 0 Å². The lowest BCUT2D eigenvalue weighted by Crippen LogP contribution is -2.32. The van der Waals surface area contributed by atoms with Crippen LogP contribution < -0.4 is 5.48 Å². The number of amides is 1. The highest BCUT2D eigenvalue weighted by atomic mass is 35.5. The molecule has 1 saturated heterocycles. The highest BCUT2D eigenvalue weighted by molar-refractivity contribution is 7.08. The second kappa shape index (κ2) is 7.59. The van der Waals surface area contributed by atoms with E-state index in [1.54, 1.807) is 24.3 Å². The zero-order valence-corrected chi connectivity index (χ0v) is 14.4. The summed E-state index contributed by atoms with van der Waals surface area (Å²) >= 11 is 13.0. The largest absolute Gasteiger partial charge is 0.350 e. The Kier molecular flexibility index (Phi) is 5.50. The van der Waals surface area contributed by atoms with E-state index in [2.05, 4.69) is 9.85 Å². The molecule has 0 saturated carbocycles. The van der Waals surface area contributed by atoms with Crippen molar-refractivity contribution < 1.29 is 14.4 Å². The number of nitrogens with one attached hydrogen (secondary N) is 1. The average molecular weight is 373 g/mol. The van der Waals surface area contributed by atoms with Gasteiger partial charge in [-0.05, 0) is 42.6 Å². The number of hydrogen-bond acceptors (Lipinski definition) is 5. The number of carbonyl (C=O) groups is 1. The van der Waals surface area contributed by atoms with E-state index in [0.717, 1.165) is 36.4 Å². The van der Waals surface area contributed by atoms with E-state index >= 15 is 0 Å². The van der Waals surface area contributed by atoms with Gasteiger partial charge in [-0.25, -0.2) is 10.3 Å². The van der Waals surface area contributed by atoms with Gasteiger partial charge in [0.1, 0.15) is 4.88 Å². The van der Waals surface area contributed by atoms with E-state index in [0.29, 0.717) is 27.2 Å². The van der Waals surface area contributed by atoms with Gasteiger partial charge in [-0.3, -0.25) is 4.79 Å². The van der Waals surface area contributed by atoms with E-state index < -0.39 is 0 Å². The molecular weight excluding hydrogens is 359 g/mol. The Morgan fingerprint density at radius 1 is 1.30 bits per heavy atom. The summed E-state index contributed by atoms with van der Waals surface area (Å²) in [6, 6.07) is 6.90. The van der Waals surface area contributed by atoms with Crippen molar-refractivity contribution in [1.82, 2.24) is 9.85 Å². The Labute approximate surface area is 147 Å². The summed E-state index contributed by atoms with van der Waals surface area (Å²) in [6.45, 7) is 0.655. The van der Waals surface area contributed by atoms with Gasteiger partial charge in [-0.1, -0.05) is 29.3 Å². The lowest BCUT2D eigenvalue weighted by Gasteiger charge is -2.21. The Bertz CT molecular complexity index is 702. The molecule has 0 unspecified atom stereocenters.